The van der Waals surface area contributed by atoms with Crippen LogP contribution in [0.15, 0.2) is 54.6 Å². The zero-order chi connectivity index (χ0) is 23.5. The monoisotopic (exact) mass is 442 g/mol. The van der Waals surface area contributed by atoms with Crippen molar-refractivity contribution in [2.24, 2.45) is 5.92 Å². The smallest absolute Gasteiger partial charge is 0.252 e. The van der Waals surface area contributed by atoms with Crippen LogP contribution in [-0.2, 0) is 27.1 Å². The lowest BCUT2D eigenvalue weighted by molar-refractivity contribution is -0.139. The fourth-order valence-corrected chi connectivity index (χ4v) is 3.54. The van der Waals surface area contributed by atoms with Gasteiger partial charge in [-0.2, -0.15) is 0 Å². The topological polar surface area (TPSA) is 96.9 Å². The van der Waals surface area contributed by atoms with Gasteiger partial charge in [-0.25, -0.2) is 0 Å². The zero-order valence-corrected chi connectivity index (χ0v) is 19.2. The molecular formula is C25H34N2O5. The van der Waals surface area contributed by atoms with Crippen LogP contribution in [0.25, 0.3) is 0 Å². The van der Waals surface area contributed by atoms with Gasteiger partial charge in [-0.05, 0) is 42.0 Å². The maximum atomic E-state index is 12.9. The lowest BCUT2D eigenvalue weighted by atomic mass is 10.0. The van der Waals surface area contributed by atoms with E-state index in [-0.39, 0.29) is 0 Å². The molecular weight excluding hydrogens is 408 g/mol. The van der Waals surface area contributed by atoms with Crippen molar-refractivity contribution < 1.29 is 24.2 Å². The van der Waals surface area contributed by atoms with Crippen LogP contribution < -0.4 is 10.6 Å². The summed E-state index contributed by atoms with van der Waals surface area (Å²) in [5, 5.41) is 15.3. The summed E-state index contributed by atoms with van der Waals surface area (Å²) in [5.41, 5.74) is 2.48. The molecule has 2 amide bonds. The maximum absolute atomic E-state index is 12.9. The van der Waals surface area contributed by atoms with E-state index in [1.165, 1.54) is 14.2 Å². The van der Waals surface area contributed by atoms with E-state index in [4.69, 9.17) is 9.47 Å². The number of hydrogen-bond donors (Lipinski definition) is 3. The minimum Gasteiger partial charge on any atom is -0.394 e. The lowest BCUT2D eigenvalue weighted by Gasteiger charge is -2.27. The second-order valence-corrected chi connectivity index (χ2v) is 8.15. The first-order chi connectivity index (χ1) is 15.4. The van der Waals surface area contributed by atoms with Crippen LogP contribution >= 0.6 is 0 Å². The summed E-state index contributed by atoms with van der Waals surface area (Å²) < 4.78 is 10.7. The number of nitrogens with one attached hydrogen (secondary N) is 2. The highest BCUT2D eigenvalue weighted by Gasteiger charge is 2.28. The number of hydrogen-bond acceptors (Lipinski definition) is 5. The Balaban J connectivity index is 2.09. The molecule has 0 aliphatic carbocycles. The average molecular weight is 443 g/mol. The highest BCUT2D eigenvalue weighted by atomic mass is 16.7. The van der Waals surface area contributed by atoms with Gasteiger partial charge in [0.15, 0.2) is 6.29 Å². The SMILES string of the molecule is COC(OC)[C@H](Cc1ccccc1)NC(=O)[C@H](CO)NC(=O)c1cccc(CC(C)C)c1. The molecule has 0 aliphatic heterocycles. The normalized spacial score (nSPS) is 13.1. The van der Waals surface area contributed by atoms with Crippen LogP contribution in [0, 0.1) is 5.92 Å². The van der Waals surface area contributed by atoms with Gasteiger partial charge in [0.2, 0.25) is 5.91 Å². The molecule has 0 saturated heterocycles. The quantitative estimate of drug-likeness (QED) is 0.439. The molecule has 0 spiro atoms. The van der Waals surface area contributed by atoms with E-state index in [0.29, 0.717) is 17.9 Å². The second kappa shape index (κ2) is 13.0. The largest absolute Gasteiger partial charge is 0.394 e. The van der Waals surface area contributed by atoms with Crippen LogP contribution in [0.5, 0.6) is 0 Å². The van der Waals surface area contributed by atoms with Crippen LogP contribution in [0.1, 0.15) is 35.3 Å². The van der Waals surface area contributed by atoms with E-state index in [1.807, 2.05) is 48.5 Å². The molecule has 0 radical (unpaired) electrons. The standard InChI is InChI=1S/C25H34N2O5/c1-17(2)13-19-11-8-12-20(14-19)23(29)27-22(16-28)24(30)26-21(25(31-3)32-4)15-18-9-6-5-7-10-18/h5-12,14,17,21-22,25,28H,13,15-16H2,1-4H3,(H,26,30)(H,27,29)/t21-,22-/m0/s1. The van der Waals surface area contributed by atoms with Gasteiger partial charge in [-0.1, -0.05) is 56.3 Å². The van der Waals surface area contributed by atoms with Gasteiger partial charge in [0, 0.05) is 19.8 Å². The zero-order valence-electron chi connectivity index (χ0n) is 19.2. The number of methoxy groups -OCH3 is 2. The molecule has 0 unspecified atom stereocenters. The van der Waals surface area contributed by atoms with Crippen LogP contribution in [0.4, 0.5) is 0 Å². The molecule has 0 aliphatic rings. The molecule has 0 bridgehead atoms. The van der Waals surface area contributed by atoms with Gasteiger partial charge < -0.3 is 25.2 Å². The van der Waals surface area contributed by atoms with Gasteiger partial charge in [0.1, 0.15) is 6.04 Å². The summed E-state index contributed by atoms with van der Waals surface area (Å²) in [6.07, 6.45) is 0.617. The van der Waals surface area contributed by atoms with Gasteiger partial charge in [-0.3, -0.25) is 9.59 Å². The van der Waals surface area contributed by atoms with Crippen molar-refractivity contribution in [3.05, 3.63) is 71.3 Å². The Bertz CT molecular complexity index is 852. The minimum atomic E-state index is -1.11. The van der Waals surface area contributed by atoms with E-state index in [9.17, 15) is 14.7 Å². The van der Waals surface area contributed by atoms with Crippen molar-refractivity contribution >= 4 is 11.8 Å². The number of benzene rings is 2. The molecule has 32 heavy (non-hydrogen) atoms. The molecule has 0 saturated carbocycles. The molecule has 2 atom stereocenters. The van der Waals surface area contributed by atoms with E-state index in [1.54, 1.807) is 6.07 Å². The predicted octanol–water partition coefficient (Wildman–Crippen LogP) is 2.32. The molecule has 7 nitrogen and oxygen atoms in total. The summed E-state index contributed by atoms with van der Waals surface area (Å²) in [6.45, 7) is 3.68. The van der Waals surface area contributed by atoms with Crippen molar-refractivity contribution in [3.63, 3.8) is 0 Å². The summed E-state index contributed by atoms with van der Waals surface area (Å²) in [6, 6.07) is 15.3. The third kappa shape index (κ3) is 7.75. The van der Waals surface area contributed by atoms with Crippen LogP contribution in [0.2, 0.25) is 0 Å². The van der Waals surface area contributed by atoms with Gasteiger partial charge in [0.05, 0.1) is 12.6 Å². The number of aliphatic hydroxyl groups excluding tert-OH is 1. The first kappa shape index (κ1) is 25.5. The van der Waals surface area contributed by atoms with Gasteiger partial charge >= 0.3 is 0 Å². The number of carbonyl (C=O) groups is 2. The van der Waals surface area contributed by atoms with Crippen molar-refractivity contribution in [2.45, 2.75) is 45.1 Å². The summed E-state index contributed by atoms with van der Waals surface area (Å²) in [7, 11) is 2.99. The molecule has 2 aromatic carbocycles. The average Bonchev–Trinajstić information content (AvgIpc) is 2.78. The van der Waals surface area contributed by atoms with Crippen molar-refractivity contribution in [1.82, 2.24) is 10.6 Å². The fraction of sp³-hybridized carbons (Fsp3) is 0.440. The van der Waals surface area contributed by atoms with E-state index in [2.05, 4.69) is 24.5 Å². The maximum Gasteiger partial charge on any atom is 0.252 e. The van der Waals surface area contributed by atoms with Gasteiger partial charge in [0.25, 0.3) is 5.91 Å². The third-order valence-electron chi connectivity index (χ3n) is 5.06. The summed E-state index contributed by atoms with van der Waals surface area (Å²) in [4.78, 5) is 25.6. The number of aliphatic hydroxyl groups is 1. The Hall–Kier alpha value is -2.74. The third-order valence-corrected chi connectivity index (χ3v) is 5.06. The predicted molar refractivity (Wildman–Crippen MR) is 123 cm³/mol. The summed E-state index contributed by atoms with van der Waals surface area (Å²) >= 11 is 0. The van der Waals surface area contributed by atoms with E-state index in [0.717, 1.165) is 17.5 Å². The second-order valence-electron chi connectivity index (χ2n) is 8.15. The Kier molecular flexibility index (Phi) is 10.3. The van der Waals surface area contributed by atoms with E-state index >= 15 is 0 Å². The van der Waals surface area contributed by atoms with Gasteiger partial charge in [-0.15, -0.1) is 0 Å². The molecule has 2 rings (SSSR count). The number of ether oxygens (including phenoxy) is 2. The summed E-state index contributed by atoms with van der Waals surface area (Å²) in [5.74, 6) is -0.473. The molecule has 0 aromatic heterocycles. The molecule has 3 N–H and O–H groups in total. The number of carbonyl (C=O) groups excluding carboxylic acids is 2. The van der Waals surface area contributed by atoms with Crippen molar-refractivity contribution in [2.75, 3.05) is 20.8 Å². The van der Waals surface area contributed by atoms with Crippen LogP contribution in [-0.4, -0.2) is 56.1 Å². The highest BCUT2D eigenvalue weighted by molar-refractivity contribution is 5.97. The molecule has 174 valence electrons. The molecule has 0 fully saturated rings. The van der Waals surface area contributed by atoms with E-state index < -0.39 is 36.8 Å². The Morgan fingerprint density at radius 2 is 1.56 bits per heavy atom. The van der Waals surface area contributed by atoms with Crippen LogP contribution in [0.3, 0.4) is 0 Å². The Morgan fingerprint density at radius 3 is 2.16 bits per heavy atom. The van der Waals surface area contributed by atoms with Crippen molar-refractivity contribution in [3.8, 4) is 0 Å². The molecule has 7 heteroatoms. The number of rotatable bonds is 12. The highest BCUT2D eigenvalue weighted by Crippen LogP contribution is 2.12. The Labute approximate surface area is 190 Å². The first-order valence-corrected chi connectivity index (χ1v) is 10.8. The fourth-order valence-electron chi connectivity index (χ4n) is 3.54. The Morgan fingerprint density at radius 1 is 0.906 bits per heavy atom. The van der Waals surface area contributed by atoms with Crippen molar-refractivity contribution in [1.29, 1.82) is 0 Å². The minimum absolute atomic E-state index is 0.417. The first-order valence-electron chi connectivity index (χ1n) is 10.8. The molecule has 2 aromatic rings. The number of amides is 2. The molecule has 0 heterocycles. The lowest BCUT2D eigenvalue weighted by Crippen LogP contribution is -2.55.